The molecule has 20 heavy (non-hydrogen) atoms. The zero-order valence-electron chi connectivity index (χ0n) is 12.2. The number of aromatic nitrogens is 2. The fourth-order valence-electron chi connectivity index (χ4n) is 1.71. The van der Waals surface area contributed by atoms with Crippen LogP contribution in [0.2, 0.25) is 0 Å². The average molecular weight is 331 g/mol. The van der Waals surface area contributed by atoms with E-state index in [2.05, 4.69) is 45.1 Å². The van der Waals surface area contributed by atoms with E-state index in [1.807, 2.05) is 39.0 Å². The van der Waals surface area contributed by atoms with Crippen LogP contribution in [0.4, 0.5) is 0 Å². The molecular formula is C17H19BrN2. The molecule has 104 valence electrons. The Hall–Kier alpha value is -1.74. The molecule has 0 amide bonds. The maximum absolute atomic E-state index is 4.50. The summed E-state index contributed by atoms with van der Waals surface area (Å²) < 4.78 is 0.543. The first-order valence-electron chi connectivity index (χ1n) is 6.34. The summed E-state index contributed by atoms with van der Waals surface area (Å²) in [5.41, 5.74) is 4.72. The first kappa shape index (κ1) is 16.3. The predicted octanol–water partition coefficient (Wildman–Crippen LogP) is 5.45. The minimum atomic E-state index is 0.543. The van der Waals surface area contributed by atoms with Crippen molar-refractivity contribution in [3.63, 3.8) is 0 Å². The summed E-state index contributed by atoms with van der Waals surface area (Å²) in [5, 5.41) is 0. The SMILES string of the molecule is C=C/C(=C\C=C/C)c1nc(Br)nc(C=C)c1C=C(C)C. The van der Waals surface area contributed by atoms with Gasteiger partial charge in [-0.15, -0.1) is 0 Å². The van der Waals surface area contributed by atoms with Crippen LogP contribution in [0.25, 0.3) is 17.7 Å². The van der Waals surface area contributed by atoms with E-state index in [9.17, 15) is 0 Å². The molecule has 0 fully saturated rings. The van der Waals surface area contributed by atoms with Gasteiger partial charge in [0.05, 0.1) is 11.4 Å². The average Bonchev–Trinajstić information content (AvgIpc) is 2.41. The summed E-state index contributed by atoms with van der Waals surface area (Å²) in [6.45, 7) is 13.8. The first-order valence-corrected chi connectivity index (χ1v) is 7.13. The van der Waals surface area contributed by atoms with E-state index in [0.29, 0.717) is 4.73 Å². The predicted molar refractivity (Wildman–Crippen MR) is 92.1 cm³/mol. The minimum absolute atomic E-state index is 0.543. The molecule has 1 heterocycles. The Morgan fingerprint density at radius 1 is 1.20 bits per heavy atom. The van der Waals surface area contributed by atoms with Crippen molar-refractivity contribution in [1.29, 1.82) is 0 Å². The van der Waals surface area contributed by atoms with Crippen molar-refractivity contribution in [3.8, 4) is 0 Å². The molecule has 0 aliphatic carbocycles. The van der Waals surface area contributed by atoms with Crippen molar-refractivity contribution < 1.29 is 0 Å². The van der Waals surface area contributed by atoms with Crippen molar-refractivity contribution in [2.24, 2.45) is 0 Å². The molecule has 0 N–H and O–H groups in total. The van der Waals surface area contributed by atoms with Gasteiger partial charge >= 0.3 is 0 Å². The van der Waals surface area contributed by atoms with E-state index >= 15 is 0 Å². The van der Waals surface area contributed by atoms with Crippen molar-refractivity contribution in [2.75, 3.05) is 0 Å². The molecule has 0 aromatic carbocycles. The van der Waals surface area contributed by atoms with Crippen LogP contribution in [-0.2, 0) is 0 Å². The molecule has 0 saturated carbocycles. The van der Waals surface area contributed by atoms with E-state index in [0.717, 1.165) is 22.5 Å². The van der Waals surface area contributed by atoms with E-state index in [1.54, 1.807) is 12.2 Å². The van der Waals surface area contributed by atoms with Crippen molar-refractivity contribution in [1.82, 2.24) is 9.97 Å². The molecule has 0 spiro atoms. The Balaban J connectivity index is 3.66. The molecule has 2 nitrogen and oxygen atoms in total. The molecule has 0 unspecified atom stereocenters. The molecule has 1 aromatic heterocycles. The van der Waals surface area contributed by atoms with E-state index in [4.69, 9.17) is 0 Å². The second-order valence-corrected chi connectivity index (χ2v) is 5.13. The highest BCUT2D eigenvalue weighted by molar-refractivity contribution is 9.10. The first-order chi connectivity index (χ1) is 9.53. The van der Waals surface area contributed by atoms with Gasteiger partial charge in [0.2, 0.25) is 0 Å². The third-order valence-corrected chi connectivity index (χ3v) is 2.89. The lowest BCUT2D eigenvalue weighted by Crippen LogP contribution is -2.00. The summed E-state index contributed by atoms with van der Waals surface area (Å²) >= 11 is 3.35. The monoisotopic (exact) mass is 330 g/mol. The Labute approximate surface area is 129 Å². The molecular weight excluding hydrogens is 312 g/mol. The largest absolute Gasteiger partial charge is 0.222 e. The van der Waals surface area contributed by atoms with Gasteiger partial charge < -0.3 is 0 Å². The van der Waals surface area contributed by atoms with Crippen molar-refractivity contribution in [3.05, 3.63) is 64.7 Å². The molecule has 0 saturated heterocycles. The highest BCUT2D eigenvalue weighted by atomic mass is 79.9. The van der Waals surface area contributed by atoms with Gasteiger partial charge in [0.25, 0.3) is 0 Å². The van der Waals surface area contributed by atoms with Gasteiger partial charge in [-0.3, -0.25) is 0 Å². The Kier molecular flexibility index (Phi) is 6.32. The van der Waals surface area contributed by atoms with Crippen molar-refractivity contribution in [2.45, 2.75) is 20.8 Å². The number of rotatable bonds is 5. The van der Waals surface area contributed by atoms with Crippen LogP contribution in [-0.4, -0.2) is 9.97 Å². The summed E-state index contributed by atoms with van der Waals surface area (Å²) in [5.74, 6) is 0. The molecule has 1 aromatic rings. The van der Waals surface area contributed by atoms with E-state index in [1.165, 1.54) is 5.57 Å². The van der Waals surface area contributed by atoms with Gasteiger partial charge in [-0.05, 0) is 42.8 Å². The Morgan fingerprint density at radius 3 is 2.40 bits per heavy atom. The Morgan fingerprint density at radius 2 is 1.90 bits per heavy atom. The lowest BCUT2D eigenvalue weighted by molar-refractivity contribution is 1.07. The molecule has 0 aliphatic heterocycles. The third kappa shape index (κ3) is 4.14. The lowest BCUT2D eigenvalue weighted by atomic mass is 10.0. The molecule has 0 bridgehead atoms. The number of allylic oxidation sites excluding steroid dienone is 6. The third-order valence-electron chi connectivity index (χ3n) is 2.54. The van der Waals surface area contributed by atoms with Crippen LogP contribution in [0.5, 0.6) is 0 Å². The summed E-state index contributed by atoms with van der Waals surface area (Å²) in [6, 6.07) is 0. The maximum Gasteiger partial charge on any atom is 0.197 e. The van der Waals surface area contributed by atoms with Gasteiger partial charge in [0, 0.05) is 11.1 Å². The fourth-order valence-corrected chi connectivity index (χ4v) is 2.08. The molecule has 1 rings (SSSR count). The van der Waals surface area contributed by atoms with Crippen LogP contribution >= 0.6 is 15.9 Å². The number of hydrogen-bond acceptors (Lipinski definition) is 2. The van der Waals surface area contributed by atoms with Crippen LogP contribution in [0.1, 0.15) is 37.7 Å². The maximum atomic E-state index is 4.50. The Bertz CT molecular complexity index is 604. The van der Waals surface area contributed by atoms with Gasteiger partial charge in [-0.25, -0.2) is 9.97 Å². The highest BCUT2D eigenvalue weighted by Crippen LogP contribution is 2.25. The topological polar surface area (TPSA) is 25.8 Å². The number of hydrogen-bond donors (Lipinski definition) is 0. The van der Waals surface area contributed by atoms with E-state index < -0.39 is 0 Å². The zero-order chi connectivity index (χ0) is 15.1. The molecule has 0 aliphatic rings. The number of halogens is 1. The van der Waals surface area contributed by atoms with Crippen LogP contribution in [0.15, 0.2) is 47.8 Å². The zero-order valence-corrected chi connectivity index (χ0v) is 13.7. The fraction of sp³-hybridized carbons (Fsp3) is 0.176. The van der Waals surface area contributed by atoms with Gasteiger partial charge in [-0.1, -0.05) is 49.1 Å². The summed E-state index contributed by atoms with van der Waals surface area (Å²) in [7, 11) is 0. The van der Waals surface area contributed by atoms with Crippen LogP contribution < -0.4 is 0 Å². The summed E-state index contributed by atoms with van der Waals surface area (Å²) in [4.78, 5) is 8.86. The second kappa shape index (κ2) is 7.75. The normalized spacial score (nSPS) is 11.5. The highest BCUT2D eigenvalue weighted by Gasteiger charge is 2.12. The lowest BCUT2D eigenvalue weighted by Gasteiger charge is -2.10. The van der Waals surface area contributed by atoms with Gasteiger partial charge in [0.1, 0.15) is 0 Å². The smallest absolute Gasteiger partial charge is 0.197 e. The second-order valence-electron chi connectivity index (χ2n) is 4.42. The van der Waals surface area contributed by atoms with Crippen molar-refractivity contribution >= 4 is 33.7 Å². The number of nitrogens with zero attached hydrogens (tertiary/aromatic N) is 2. The van der Waals surface area contributed by atoms with Crippen LogP contribution in [0, 0.1) is 0 Å². The van der Waals surface area contributed by atoms with Gasteiger partial charge in [0.15, 0.2) is 4.73 Å². The standard InChI is InChI=1S/C17H19BrN2/c1-6-9-10-13(7-2)16-14(11-12(4)5)15(8-3)19-17(18)20-16/h6-11H,2-3H2,1,4-5H3/b9-6-,13-10+. The van der Waals surface area contributed by atoms with E-state index in [-0.39, 0.29) is 0 Å². The minimum Gasteiger partial charge on any atom is -0.222 e. The molecule has 3 heteroatoms. The summed E-state index contributed by atoms with van der Waals surface area (Å²) in [6.07, 6.45) is 11.5. The molecule has 0 radical (unpaired) electrons. The quantitative estimate of drug-likeness (QED) is 0.529. The van der Waals surface area contributed by atoms with Gasteiger partial charge in [-0.2, -0.15) is 0 Å². The molecule has 0 atom stereocenters. The van der Waals surface area contributed by atoms with Crippen LogP contribution in [0.3, 0.4) is 0 Å².